The summed E-state index contributed by atoms with van der Waals surface area (Å²) in [5, 5.41) is 0.517. The molecule has 18 heavy (non-hydrogen) atoms. The Labute approximate surface area is 122 Å². The zero-order chi connectivity index (χ0) is 13.3. The summed E-state index contributed by atoms with van der Waals surface area (Å²) in [4.78, 5) is 0. The Hall–Kier alpha value is -0.970. The highest BCUT2D eigenvalue weighted by Gasteiger charge is 2.10. The van der Waals surface area contributed by atoms with E-state index in [1.807, 2.05) is 0 Å². The van der Waals surface area contributed by atoms with Crippen LogP contribution >= 0.6 is 39.1 Å². The van der Waals surface area contributed by atoms with Crippen molar-refractivity contribution in [2.24, 2.45) is 0 Å². The van der Waals surface area contributed by atoms with Crippen LogP contribution in [0.3, 0.4) is 0 Å². The number of benzene rings is 2. The topological polar surface area (TPSA) is 35.2 Å². The molecule has 94 valence electrons. The molecule has 0 atom stereocenters. The lowest BCUT2D eigenvalue weighted by Gasteiger charge is -2.11. The van der Waals surface area contributed by atoms with Gasteiger partial charge in [-0.25, -0.2) is 4.39 Å². The molecule has 2 N–H and O–H groups in total. The third-order valence-corrected chi connectivity index (χ3v) is 3.31. The fourth-order valence-electron chi connectivity index (χ4n) is 1.31. The maximum atomic E-state index is 13.1. The van der Waals surface area contributed by atoms with Crippen LogP contribution in [0.15, 0.2) is 34.8 Å². The van der Waals surface area contributed by atoms with Gasteiger partial charge in [0.25, 0.3) is 0 Å². The SMILES string of the molecule is Nc1cc(F)c(Cl)cc1Oc1ccc(Cl)cc1Br. The van der Waals surface area contributed by atoms with Crippen molar-refractivity contribution in [2.45, 2.75) is 0 Å². The summed E-state index contributed by atoms with van der Waals surface area (Å²) in [6.45, 7) is 0. The predicted octanol–water partition coefficient (Wildman–Crippen LogP) is 5.27. The number of halogens is 4. The normalized spacial score (nSPS) is 10.4. The van der Waals surface area contributed by atoms with E-state index in [2.05, 4.69) is 15.9 Å². The molecule has 0 saturated carbocycles. The Bertz CT molecular complexity index is 607. The first-order valence-electron chi connectivity index (χ1n) is 4.85. The van der Waals surface area contributed by atoms with Gasteiger partial charge in [0.05, 0.1) is 15.2 Å². The van der Waals surface area contributed by atoms with Crippen molar-refractivity contribution in [1.82, 2.24) is 0 Å². The summed E-state index contributed by atoms with van der Waals surface area (Å²) >= 11 is 14.8. The van der Waals surface area contributed by atoms with Gasteiger partial charge in [0.1, 0.15) is 11.6 Å². The zero-order valence-corrected chi connectivity index (χ0v) is 12.0. The maximum absolute atomic E-state index is 13.1. The Balaban J connectivity index is 2.37. The average molecular weight is 351 g/mol. The molecule has 0 fully saturated rings. The molecule has 6 heteroatoms. The minimum absolute atomic E-state index is 0.0516. The molecule has 0 radical (unpaired) electrons. The largest absolute Gasteiger partial charge is 0.454 e. The van der Waals surface area contributed by atoms with Gasteiger partial charge in [-0.05, 0) is 34.1 Å². The van der Waals surface area contributed by atoms with E-state index in [9.17, 15) is 4.39 Å². The summed E-state index contributed by atoms with van der Waals surface area (Å²) in [5.41, 5.74) is 5.82. The second kappa shape index (κ2) is 5.34. The van der Waals surface area contributed by atoms with Crippen molar-refractivity contribution in [1.29, 1.82) is 0 Å². The Morgan fingerprint density at radius 2 is 1.83 bits per heavy atom. The quantitative estimate of drug-likeness (QED) is 0.749. The number of nitrogens with two attached hydrogens (primary N) is 1. The van der Waals surface area contributed by atoms with Crippen LogP contribution in [0, 0.1) is 5.82 Å². The van der Waals surface area contributed by atoms with Crippen molar-refractivity contribution in [3.63, 3.8) is 0 Å². The van der Waals surface area contributed by atoms with Crippen molar-refractivity contribution < 1.29 is 9.13 Å². The van der Waals surface area contributed by atoms with Gasteiger partial charge in [-0.1, -0.05) is 23.2 Å². The van der Waals surface area contributed by atoms with Crippen LogP contribution in [0.5, 0.6) is 11.5 Å². The van der Waals surface area contributed by atoms with Crippen molar-refractivity contribution >= 4 is 44.8 Å². The second-order valence-corrected chi connectivity index (χ2v) is 5.18. The highest BCUT2D eigenvalue weighted by molar-refractivity contribution is 9.10. The molecule has 0 aromatic heterocycles. The van der Waals surface area contributed by atoms with Crippen molar-refractivity contribution in [2.75, 3.05) is 5.73 Å². The third kappa shape index (κ3) is 2.88. The molecule has 2 rings (SSSR count). The minimum atomic E-state index is -0.586. The lowest BCUT2D eigenvalue weighted by Crippen LogP contribution is -1.94. The monoisotopic (exact) mass is 349 g/mol. The van der Waals surface area contributed by atoms with Crippen molar-refractivity contribution in [3.8, 4) is 11.5 Å². The lowest BCUT2D eigenvalue weighted by molar-refractivity contribution is 0.480. The van der Waals surface area contributed by atoms with Crippen LogP contribution in [0.4, 0.5) is 10.1 Å². The first-order chi connectivity index (χ1) is 8.47. The number of rotatable bonds is 2. The number of hydrogen-bond acceptors (Lipinski definition) is 2. The Morgan fingerprint density at radius 3 is 2.50 bits per heavy atom. The van der Waals surface area contributed by atoms with Crippen LogP contribution < -0.4 is 10.5 Å². The highest BCUT2D eigenvalue weighted by Crippen LogP contribution is 2.36. The first kappa shape index (κ1) is 13.5. The Kier molecular flexibility index (Phi) is 4.00. The van der Waals surface area contributed by atoms with Crippen LogP contribution in [0.1, 0.15) is 0 Å². The van der Waals surface area contributed by atoms with Crippen LogP contribution in [-0.4, -0.2) is 0 Å². The minimum Gasteiger partial charge on any atom is -0.454 e. The van der Waals surface area contributed by atoms with E-state index in [0.29, 0.717) is 15.2 Å². The number of hydrogen-bond donors (Lipinski definition) is 1. The second-order valence-electron chi connectivity index (χ2n) is 3.48. The maximum Gasteiger partial charge on any atom is 0.152 e. The van der Waals surface area contributed by atoms with E-state index in [4.69, 9.17) is 33.7 Å². The summed E-state index contributed by atoms with van der Waals surface area (Å²) in [7, 11) is 0. The molecule has 2 aromatic carbocycles. The van der Waals surface area contributed by atoms with Gasteiger partial charge in [-0.2, -0.15) is 0 Å². The van der Waals surface area contributed by atoms with Crippen LogP contribution in [-0.2, 0) is 0 Å². The molecule has 0 spiro atoms. The van der Waals surface area contributed by atoms with Gasteiger partial charge in [0, 0.05) is 17.2 Å². The van der Waals surface area contributed by atoms with Gasteiger partial charge < -0.3 is 10.5 Å². The number of ether oxygens (including phenoxy) is 1. The fraction of sp³-hybridized carbons (Fsp3) is 0. The Morgan fingerprint density at radius 1 is 1.11 bits per heavy atom. The third-order valence-electron chi connectivity index (χ3n) is 2.17. The molecular weight excluding hydrogens is 344 g/mol. The zero-order valence-electron chi connectivity index (χ0n) is 8.88. The van der Waals surface area contributed by atoms with Crippen molar-refractivity contribution in [3.05, 3.63) is 50.7 Å². The average Bonchev–Trinajstić information content (AvgIpc) is 2.29. The molecule has 2 aromatic rings. The van der Waals surface area contributed by atoms with E-state index < -0.39 is 5.82 Å². The van der Waals surface area contributed by atoms with E-state index in [-0.39, 0.29) is 16.5 Å². The van der Waals surface area contributed by atoms with E-state index in [1.54, 1.807) is 18.2 Å². The number of nitrogen functional groups attached to an aromatic ring is 1. The molecule has 0 unspecified atom stereocenters. The van der Waals surface area contributed by atoms with E-state index >= 15 is 0 Å². The molecule has 2 nitrogen and oxygen atoms in total. The molecule has 0 bridgehead atoms. The summed E-state index contributed by atoms with van der Waals surface area (Å²) in [6.07, 6.45) is 0. The predicted molar refractivity (Wildman–Crippen MR) is 75.0 cm³/mol. The number of anilines is 1. The first-order valence-corrected chi connectivity index (χ1v) is 6.39. The summed E-state index contributed by atoms with van der Waals surface area (Å²) < 4.78 is 19.3. The molecular formula is C12H7BrCl2FNO. The van der Waals surface area contributed by atoms with Gasteiger partial charge >= 0.3 is 0 Å². The fourth-order valence-corrected chi connectivity index (χ4v) is 2.23. The highest BCUT2D eigenvalue weighted by atomic mass is 79.9. The van der Waals surface area contributed by atoms with Crippen LogP contribution in [0.25, 0.3) is 0 Å². The van der Waals surface area contributed by atoms with Gasteiger partial charge in [-0.3, -0.25) is 0 Å². The molecule has 0 heterocycles. The summed E-state index contributed by atoms with van der Waals surface area (Å²) in [6, 6.07) is 7.46. The lowest BCUT2D eigenvalue weighted by atomic mass is 10.3. The van der Waals surface area contributed by atoms with Gasteiger partial charge in [-0.15, -0.1) is 0 Å². The molecule has 0 aliphatic heterocycles. The summed E-state index contributed by atoms with van der Waals surface area (Å²) in [5.74, 6) is 0.204. The van der Waals surface area contributed by atoms with Gasteiger partial charge in [0.2, 0.25) is 0 Å². The molecule has 0 aliphatic carbocycles. The molecule has 0 aliphatic rings. The van der Waals surface area contributed by atoms with E-state index in [0.717, 1.165) is 6.07 Å². The van der Waals surface area contributed by atoms with Gasteiger partial charge in [0.15, 0.2) is 5.75 Å². The standard InChI is InChI=1S/C12H7BrCl2FNO/c13-7-3-6(14)1-2-11(7)18-12-4-8(15)9(16)5-10(12)17/h1-5H,17H2. The van der Waals surface area contributed by atoms with Crippen LogP contribution in [0.2, 0.25) is 10.0 Å². The molecule has 0 saturated heterocycles. The van der Waals surface area contributed by atoms with E-state index in [1.165, 1.54) is 6.07 Å². The smallest absolute Gasteiger partial charge is 0.152 e. The molecule has 0 amide bonds.